The summed E-state index contributed by atoms with van der Waals surface area (Å²) < 4.78 is 30.2. The maximum atomic E-state index is 11.2. The fourth-order valence-corrected chi connectivity index (χ4v) is 1.94. The van der Waals surface area contributed by atoms with Gasteiger partial charge in [0.1, 0.15) is 0 Å². The smallest absolute Gasteiger partial charge is 0.271 e. The average molecular weight is 271 g/mol. The molecule has 3 N–H and O–H groups in total. The van der Waals surface area contributed by atoms with Gasteiger partial charge in [-0.1, -0.05) is 0 Å². The van der Waals surface area contributed by atoms with Crippen LogP contribution in [0.5, 0.6) is 5.75 Å². The number of ether oxygens (including phenoxy) is 1. The van der Waals surface area contributed by atoms with Crippen LogP contribution in [0.15, 0.2) is 12.3 Å². The number of carbonyl (C=O) groups is 1. The van der Waals surface area contributed by atoms with E-state index in [1.807, 2.05) is 0 Å². The van der Waals surface area contributed by atoms with Crippen molar-refractivity contribution in [2.45, 2.75) is 18.9 Å². The maximum absolute atomic E-state index is 11.2. The molecule has 1 aromatic heterocycles. The Morgan fingerprint density at radius 2 is 2.22 bits per heavy atom. The third kappa shape index (κ3) is 3.10. The van der Waals surface area contributed by atoms with Crippen molar-refractivity contribution in [2.24, 2.45) is 5.73 Å². The number of sulfonamides is 1. The van der Waals surface area contributed by atoms with Crippen molar-refractivity contribution >= 4 is 21.6 Å². The third-order valence-corrected chi connectivity index (χ3v) is 2.83. The van der Waals surface area contributed by atoms with Crippen molar-refractivity contribution in [3.05, 3.63) is 18.0 Å². The first-order valence-corrected chi connectivity index (χ1v) is 7.19. The highest BCUT2D eigenvalue weighted by molar-refractivity contribution is 7.92. The summed E-state index contributed by atoms with van der Waals surface area (Å²) in [6.07, 6.45) is 4.04. The van der Waals surface area contributed by atoms with Gasteiger partial charge in [0, 0.05) is 6.20 Å². The molecule has 0 aliphatic heterocycles. The Hall–Kier alpha value is -1.83. The highest BCUT2D eigenvalue weighted by atomic mass is 32.2. The summed E-state index contributed by atoms with van der Waals surface area (Å²) in [7, 11) is -3.47. The highest BCUT2D eigenvalue weighted by Gasteiger charge is 2.28. The second kappa shape index (κ2) is 4.45. The lowest BCUT2D eigenvalue weighted by Gasteiger charge is -2.13. The number of aromatic nitrogens is 1. The summed E-state index contributed by atoms with van der Waals surface area (Å²) in [4.78, 5) is 15.1. The van der Waals surface area contributed by atoms with Gasteiger partial charge >= 0.3 is 0 Å². The normalized spacial score (nSPS) is 15.2. The molecule has 1 aliphatic rings. The zero-order valence-corrected chi connectivity index (χ0v) is 10.5. The van der Waals surface area contributed by atoms with Gasteiger partial charge in [0.05, 0.1) is 18.0 Å². The molecule has 0 aromatic carbocycles. The molecule has 1 saturated carbocycles. The van der Waals surface area contributed by atoms with Crippen LogP contribution in [-0.2, 0) is 10.0 Å². The maximum Gasteiger partial charge on any atom is 0.271 e. The van der Waals surface area contributed by atoms with Crippen molar-refractivity contribution in [1.82, 2.24) is 4.98 Å². The van der Waals surface area contributed by atoms with E-state index in [2.05, 4.69) is 9.71 Å². The van der Waals surface area contributed by atoms with Crippen molar-refractivity contribution in [1.29, 1.82) is 0 Å². The van der Waals surface area contributed by atoms with Gasteiger partial charge in [-0.15, -0.1) is 0 Å². The van der Waals surface area contributed by atoms with Crippen LogP contribution < -0.4 is 15.2 Å². The molecular weight excluding hydrogens is 258 g/mol. The molecule has 0 unspecified atom stereocenters. The fourth-order valence-electron chi connectivity index (χ4n) is 1.38. The number of anilines is 1. The van der Waals surface area contributed by atoms with E-state index < -0.39 is 15.9 Å². The Morgan fingerprint density at radius 1 is 1.56 bits per heavy atom. The van der Waals surface area contributed by atoms with Crippen LogP contribution >= 0.6 is 0 Å². The minimum atomic E-state index is -3.47. The van der Waals surface area contributed by atoms with Crippen LogP contribution in [0.1, 0.15) is 23.3 Å². The van der Waals surface area contributed by atoms with Gasteiger partial charge in [-0.25, -0.2) is 13.4 Å². The largest absolute Gasteiger partial charge is 0.486 e. The summed E-state index contributed by atoms with van der Waals surface area (Å²) >= 11 is 0. The number of nitrogens with one attached hydrogen (secondary N) is 1. The predicted octanol–water partition coefficient (Wildman–Crippen LogP) is 0.0932. The Kier molecular flexibility index (Phi) is 3.12. The van der Waals surface area contributed by atoms with E-state index >= 15 is 0 Å². The minimum absolute atomic E-state index is 0.00703. The molecule has 0 saturated heterocycles. The molecule has 7 nitrogen and oxygen atoms in total. The molecule has 98 valence electrons. The molecule has 0 radical (unpaired) electrons. The molecule has 1 aliphatic carbocycles. The number of rotatable bonds is 5. The molecule has 1 aromatic rings. The minimum Gasteiger partial charge on any atom is -0.486 e. The number of nitrogens with two attached hydrogens (primary N) is 1. The molecular formula is C10H13N3O4S. The molecule has 0 bridgehead atoms. The van der Waals surface area contributed by atoms with Crippen LogP contribution in [0.3, 0.4) is 0 Å². The molecule has 0 atom stereocenters. The van der Waals surface area contributed by atoms with Crippen molar-refractivity contribution in [3.63, 3.8) is 0 Å². The average Bonchev–Trinajstić information content (AvgIpc) is 3.01. The van der Waals surface area contributed by atoms with Gasteiger partial charge in [-0.3, -0.25) is 9.52 Å². The van der Waals surface area contributed by atoms with Crippen LogP contribution in [0, 0.1) is 0 Å². The molecule has 18 heavy (non-hydrogen) atoms. The monoisotopic (exact) mass is 271 g/mol. The molecule has 0 spiro atoms. The number of carbonyl (C=O) groups excluding carboxylic acids is 1. The lowest BCUT2D eigenvalue weighted by molar-refractivity contribution is 0.0991. The molecule has 8 heteroatoms. The van der Waals surface area contributed by atoms with Crippen LogP contribution in [0.25, 0.3) is 0 Å². The van der Waals surface area contributed by atoms with E-state index in [4.69, 9.17) is 10.5 Å². The van der Waals surface area contributed by atoms with E-state index in [0.717, 1.165) is 19.1 Å². The zero-order chi connectivity index (χ0) is 13.3. The number of amides is 1. The molecule has 1 amide bonds. The van der Waals surface area contributed by atoms with Gasteiger partial charge < -0.3 is 10.5 Å². The molecule has 1 fully saturated rings. The van der Waals surface area contributed by atoms with E-state index in [-0.39, 0.29) is 23.2 Å². The van der Waals surface area contributed by atoms with E-state index in [0.29, 0.717) is 0 Å². The third-order valence-electron chi connectivity index (χ3n) is 2.24. The fraction of sp³-hybridized carbons (Fsp3) is 0.400. The summed E-state index contributed by atoms with van der Waals surface area (Å²) in [5.74, 6) is -0.666. The summed E-state index contributed by atoms with van der Waals surface area (Å²) in [5.41, 5.74) is 5.29. The second-order valence-corrected chi connectivity index (χ2v) is 5.84. The molecule has 2 rings (SSSR count). The number of nitrogens with zero attached hydrogens (tertiary/aromatic N) is 1. The Bertz CT molecular complexity index is 581. The number of hydrogen-bond acceptors (Lipinski definition) is 5. The first-order chi connectivity index (χ1) is 8.37. The highest BCUT2D eigenvalue weighted by Crippen LogP contribution is 2.34. The van der Waals surface area contributed by atoms with Gasteiger partial charge in [0.15, 0.2) is 11.4 Å². The quantitative estimate of drug-likeness (QED) is 0.788. The van der Waals surface area contributed by atoms with Gasteiger partial charge in [-0.05, 0) is 18.9 Å². The Morgan fingerprint density at radius 3 is 2.72 bits per heavy atom. The number of pyridine rings is 1. The predicted molar refractivity (Wildman–Crippen MR) is 64.9 cm³/mol. The van der Waals surface area contributed by atoms with Crippen LogP contribution in [0.2, 0.25) is 0 Å². The summed E-state index contributed by atoms with van der Waals surface area (Å²) in [6.45, 7) is 0. The van der Waals surface area contributed by atoms with Crippen molar-refractivity contribution < 1.29 is 17.9 Å². The van der Waals surface area contributed by atoms with E-state index in [9.17, 15) is 13.2 Å². The van der Waals surface area contributed by atoms with Gasteiger partial charge in [0.25, 0.3) is 5.91 Å². The van der Waals surface area contributed by atoms with Crippen molar-refractivity contribution in [2.75, 3.05) is 11.0 Å². The first-order valence-electron chi connectivity index (χ1n) is 5.30. The van der Waals surface area contributed by atoms with Gasteiger partial charge in [-0.2, -0.15) is 0 Å². The van der Waals surface area contributed by atoms with Crippen LogP contribution in [0.4, 0.5) is 5.69 Å². The first kappa shape index (κ1) is 12.6. The lowest BCUT2D eigenvalue weighted by Crippen LogP contribution is -2.18. The van der Waals surface area contributed by atoms with Gasteiger partial charge in [0.2, 0.25) is 10.0 Å². The standard InChI is InChI=1S/C10H13N3O4S/c1-18(15,16)13-7-4-5-12-8(10(11)14)9(7)17-6-2-3-6/h4-6H,2-3H2,1H3,(H2,11,14)(H,12,13). The Balaban J connectivity index is 2.42. The van der Waals surface area contributed by atoms with E-state index in [1.54, 1.807) is 0 Å². The zero-order valence-electron chi connectivity index (χ0n) is 9.71. The van der Waals surface area contributed by atoms with Crippen molar-refractivity contribution in [3.8, 4) is 5.75 Å². The SMILES string of the molecule is CS(=O)(=O)Nc1ccnc(C(N)=O)c1OC1CC1. The molecule has 1 heterocycles. The van der Waals surface area contributed by atoms with E-state index in [1.165, 1.54) is 12.3 Å². The lowest BCUT2D eigenvalue weighted by atomic mass is 10.3. The number of primary amides is 1. The summed E-state index contributed by atoms with van der Waals surface area (Å²) in [6, 6.07) is 1.42. The Labute approximate surface area is 104 Å². The topological polar surface area (TPSA) is 111 Å². The summed E-state index contributed by atoms with van der Waals surface area (Å²) in [5, 5.41) is 0. The van der Waals surface area contributed by atoms with Crippen LogP contribution in [-0.4, -0.2) is 31.7 Å². The second-order valence-electron chi connectivity index (χ2n) is 4.09. The number of hydrogen-bond donors (Lipinski definition) is 2.